The molecule has 0 aromatic heterocycles. The van der Waals surface area contributed by atoms with Crippen LogP contribution in [-0.2, 0) is 0 Å². The van der Waals surface area contributed by atoms with Crippen LogP contribution in [-0.4, -0.2) is 11.2 Å². The summed E-state index contributed by atoms with van der Waals surface area (Å²) in [4.78, 5) is 0. The molecular formula is C23H40O. The van der Waals surface area contributed by atoms with Gasteiger partial charge in [-0.3, -0.25) is 0 Å². The number of rotatable bonds is 9. The predicted molar refractivity (Wildman–Crippen MR) is 107 cm³/mol. The van der Waals surface area contributed by atoms with E-state index in [9.17, 15) is 5.11 Å². The first-order valence-electron chi connectivity index (χ1n) is 10.4. The summed E-state index contributed by atoms with van der Waals surface area (Å²) < 4.78 is 0. The number of aliphatic hydroxyl groups is 1. The van der Waals surface area contributed by atoms with E-state index < -0.39 is 0 Å². The summed E-state index contributed by atoms with van der Waals surface area (Å²) in [5.74, 6) is 0.915. The first-order chi connectivity index (χ1) is 11.8. The van der Waals surface area contributed by atoms with Gasteiger partial charge in [-0.2, -0.15) is 0 Å². The van der Waals surface area contributed by atoms with Gasteiger partial charge < -0.3 is 5.11 Å². The smallest absolute Gasteiger partial charge is 0.0543 e. The molecule has 24 heavy (non-hydrogen) atoms. The van der Waals surface area contributed by atoms with E-state index in [0.717, 1.165) is 25.2 Å². The quantitative estimate of drug-likeness (QED) is 0.352. The zero-order chi connectivity index (χ0) is 17.5. The number of hydrogen-bond acceptors (Lipinski definition) is 1. The molecule has 1 saturated carbocycles. The Kier molecular flexibility index (Phi) is 12.8. The number of unbranched alkanes of at least 4 members (excludes halogenated alkanes) is 2. The van der Waals surface area contributed by atoms with Crippen LogP contribution >= 0.6 is 0 Å². The first-order valence-corrected chi connectivity index (χ1v) is 10.4. The van der Waals surface area contributed by atoms with Crippen LogP contribution in [0.15, 0.2) is 36.0 Å². The number of hydrogen-bond donors (Lipinski definition) is 1. The number of aliphatic hydroxyl groups excluding tert-OH is 1. The average molecular weight is 333 g/mol. The molecular weight excluding hydrogens is 292 g/mol. The Morgan fingerprint density at radius 2 is 2.00 bits per heavy atom. The lowest BCUT2D eigenvalue weighted by Crippen LogP contribution is -2.09. The van der Waals surface area contributed by atoms with Gasteiger partial charge in [0.15, 0.2) is 0 Å². The fourth-order valence-corrected chi connectivity index (χ4v) is 3.55. The fraction of sp³-hybridized carbons (Fsp3) is 0.739. The molecule has 1 nitrogen and oxygen atoms in total. The first kappa shape index (κ1) is 21.2. The van der Waals surface area contributed by atoms with Crippen molar-refractivity contribution in [1.29, 1.82) is 0 Å². The monoisotopic (exact) mass is 332 g/mol. The van der Waals surface area contributed by atoms with Gasteiger partial charge >= 0.3 is 0 Å². The van der Waals surface area contributed by atoms with Gasteiger partial charge in [-0.1, -0.05) is 81.4 Å². The van der Waals surface area contributed by atoms with Crippen molar-refractivity contribution >= 4 is 0 Å². The fourth-order valence-electron chi connectivity index (χ4n) is 3.55. The molecule has 2 rings (SSSR count). The summed E-state index contributed by atoms with van der Waals surface area (Å²) >= 11 is 0. The zero-order valence-electron chi connectivity index (χ0n) is 16.2. The molecule has 0 aliphatic heterocycles. The van der Waals surface area contributed by atoms with E-state index in [1.165, 1.54) is 69.8 Å². The lowest BCUT2D eigenvalue weighted by molar-refractivity contribution is 0.145. The van der Waals surface area contributed by atoms with Crippen LogP contribution in [0.1, 0.15) is 97.3 Å². The normalized spacial score (nSPS) is 19.2. The van der Waals surface area contributed by atoms with Gasteiger partial charge in [0.1, 0.15) is 0 Å². The summed E-state index contributed by atoms with van der Waals surface area (Å²) in [6, 6.07) is 0. The lowest BCUT2D eigenvalue weighted by atomic mass is 9.95. The maximum atomic E-state index is 9.99. The summed E-state index contributed by atoms with van der Waals surface area (Å²) in [7, 11) is 0. The van der Waals surface area contributed by atoms with Gasteiger partial charge in [0, 0.05) is 0 Å². The average Bonchev–Trinajstić information content (AvgIpc) is 3.14. The van der Waals surface area contributed by atoms with E-state index in [-0.39, 0.29) is 6.10 Å². The predicted octanol–water partition coefficient (Wildman–Crippen LogP) is 7.13. The van der Waals surface area contributed by atoms with E-state index in [1.807, 2.05) is 0 Å². The highest BCUT2D eigenvalue weighted by molar-refractivity contribution is 5.21. The topological polar surface area (TPSA) is 20.2 Å². The van der Waals surface area contributed by atoms with Crippen LogP contribution in [0, 0.1) is 5.92 Å². The largest absolute Gasteiger partial charge is 0.393 e. The van der Waals surface area contributed by atoms with Gasteiger partial charge in [0.2, 0.25) is 0 Å². The van der Waals surface area contributed by atoms with E-state index in [2.05, 4.69) is 44.2 Å². The van der Waals surface area contributed by atoms with Crippen molar-refractivity contribution in [3.8, 4) is 0 Å². The van der Waals surface area contributed by atoms with Crippen LogP contribution in [0.3, 0.4) is 0 Å². The molecule has 0 unspecified atom stereocenters. The molecule has 1 atom stereocenters. The minimum Gasteiger partial charge on any atom is -0.393 e. The van der Waals surface area contributed by atoms with Crippen LogP contribution in [0.5, 0.6) is 0 Å². The summed E-state index contributed by atoms with van der Waals surface area (Å²) in [6.45, 7) is 4.28. The second-order valence-corrected chi connectivity index (χ2v) is 7.39. The third kappa shape index (κ3) is 10.9. The van der Waals surface area contributed by atoms with Crippen molar-refractivity contribution in [2.24, 2.45) is 5.92 Å². The van der Waals surface area contributed by atoms with Crippen LogP contribution in [0.25, 0.3) is 0 Å². The highest BCUT2D eigenvalue weighted by atomic mass is 16.3. The summed E-state index contributed by atoms with van der Waals surface area (Å²) in [5.41, 5.74) is 1.43. The van der Waals surface area contributed by atoms with E-state index in [1.54, 1.807) is 0 Å². The molecule has 2 aliphatic carbocycles. The third-order valence-corrected chi connectivity index (χ3v) is 5.18. The summed E-state index contributed by atoms with van der Waals surface area (Å²) in [5, 5.41) is 9.99. The van der Waals surface area contributed by atoms with Crippen LogP contribution in [0.4, 0.5) is 0 Å². The van der Waals surface area contributed by atoms with Crippen molar-refractivity contribution in [3.63, 3.8) is 0 Å². The van der Waals surface area contributed by atoms with Gasteiger partial charge in [-0.15, -0.1) is 0 Å². The molecule has 0 spiro atoms. The maximum Gasteiger partial charge on any atom is 0.0543 e. The van der Waals surface area contributed by atoms with Crippen LogP contribution < -0.4 is 0 Å². The van der Waals surface area contributed by atoms with Crippen LogP contribution in [0.2, 0.25) is 0 Å². The molecule has 1 N–H and O–H groups in total. The minimum atomic E-state index is -0.0770. The van der Waals surface area contributed by atoms with Gasteiger partial charge in [0.05, 0.1) is 6.10 Å². The molecule has 0 heterocycles. The number of allylic oxidation sites excluding steroid dienone is 6. The third-order valence-electron chi connectivity index (χ3n) is 5.18. The van der Waals surface area contributed by atoms with Crippen molar-refractivity contribution in [2.45, 2.75) is 103 Å². The zero-order valence-corrected chi connectivity index (χ0v) is 16.2. The molecule has 1 fully saturated rings. The van der Waals surface area contributed by atoms with Crippen molar-refractivity contribution in [2.75, 3.05) is 0 Å². The molecule has 0 aromatic carbocycles. The summed E-state index contributed by atoms with van der Waals surface area (Å²) in [6.07, 6.45) is 27.2. The molecule has 0 radical (unpaired) electrons. The molecule has 138 valence electrons. The SMILES string of the molecule is C/C=C\CCCC.O[C@@H](CCC1=CCCC=C1)CCC1CCCC1. The van der Waals surface area contributed by atoms with Crippen molar-refractivity contribution < 1.29 is 5.11 Å². The second-order valence-electron chi connectivity index (χ2n) is 7.39. The molecule has 2 aliphatic rings. The molecule has 0 aromatic rings. The Labute approximate surface area is 150 Å². The van der Waals surface area contributed by atoms with Gasteiger partial charge in [-0.25, -0.2) is 0 Å². The molecule has 0 saturated heterocycles. The maximum absolute atomic E-state index is 9.99. The highest BCUT2D eigenvalue weighted by Crippen LogP contribution is 2.29. The Morgan fingerprint density at radius 3 is 2.62 bits per heavy atom. The highest BCUT2D eigenvalue weighted by Gasteiger charge is 2.16. The van der Waals surface area contributed by atoms with Crippen molar-refractivity contribution in [3.05, 3.63) is 36.0 Å². The van der Waals surface area contributed by atoms with E-state index in [4.69, 9.17) is 0 Å². The van der Waals surface area contributed by atoms with Gasteiger partial charge in [0.25, 0.3) is 0 Å². The Balaban J connectivity index is 0.000000351. The molecule has 0 bridgehead atoms. The Bertz CT molecular complexity index is 371. The Hall–Kier alpha value is -0.820. The van der Waals surface area contributed by atoms with Crippen molar-refractivity contribution in [1.82, 2.24) is 0 Å². The lowest BCUT2D eigenvalue weighted by Gasteiger charge is -2.14. The molecule has 1 heteroatoms. The molecule has 0 amide bonds. The van der Waals surface area contributed by atoms with Gasteiger partial charge in [-0.05, 0) is 57.8 Å². The minimum absolute atomic E-state index is 0.0770. The standard InChI is InChI=1S/C16H26O.C7H14/c17-16(13-11-15-8-4-5-9-15)12-10-14-6-2-1-3-7-14;1-3-5-7-6-4-2/h2,6-7,15-17H,1,3-5,8-13H2;3,5H,4,6-7H2,1-2H3/b;5-3-/t16-;/m0./s1. The second kappa shape index (κ2) is 14.5. The van der Waals surface area contributed by atoms with E-state index >= 15 is 0 Å². The van der Waals surface area contributed by atoms with E-state index in [0.29, 0.717) is 0 Å². The Morgan fingerprint density at radius 1 is 1.21 bits per heavy atom.